The summed E-state index contributed by atoms with van der Waals surface area (Å²) in [5.74, 6) is -0.383. The van der Waals surface area contributed by atoms with E-state index in [4.69, 9.17) is 14.6 Å². The Morgan fingerprint density at radius 2 is 2.12 bits per heavy atom. The number of carboxylic acid groups (broad SMARTS) is 1. The van der Waals surface area contributed by atoms with Crippen molar-refractivity contribution in [3.63, 3.8) is 0 Å². The monoisotopic (exact) mass is 347 g/mol. The standard InChI is InChI=1S/C19H25NO5/c1-12(18(22)23)10-20(14-7-8-14)16(21)11-24-15-6-4-5-13-9-19(2,3)25-17(13)15/h4-6,12,14H,7-11H2,1-3H3,(H,22,23). The molecule has 1 unspecified atom stereocenters. The molecule has 6 heteroatoms. The van der Waals surface area contributed by atoms with Gasteiger partial charge in [-0.25, -0.2) is 0 Å². The minimum Gasteiger partial charge on any atom is -0.483 e. The van der Waals surface area contributed by atoms with E-state index < -0.39 is 11.9 Å². The van der Waals surface area contributed by atoms with Gasteiger partial charge in [0.15, 0.2) is 18.1 Å². The van der Waals surface area contributed by atoms with Crippen molar-refractivity contribution >= 4 is 11.9 Å². The zero-order valence-corrected chi connectivity index (χ0v) is 14.9. The average Bonchev–Trinajstić information content (AvgIpc) is 3.31. The van der Waals surface area contributed by atoms with Crippen LogP contribution in [-0.4, -0.2) is 46.7 Å². The summed E-state index contributed by atoms with van der Waals surface area (Å²) >= 11 is 0. The number of carboxylic acids is 1. The van der Waals surface area contributed by atoms with Crippen molar-refractivity contribution in [3.05, 3.63) is 23.8 Å². The first kappa shape index (κ1) is 17.6. The summed E-state index contributed by atoms with van der Waals surface area (Å²) in [7, 11) is 0. The fraction of sp³-hybridized carbons (Fsp3) is 0.579. The molecular weight excluding hydrogens is 322 g/mol. The second-order valence-electron chi connectivity index (χ2n) is 7.59. The van der Waals surface area contributed by atoms with Gasteiger partial charge in [0.2, 0.25) is 0 Å². The van der Waals surface area contributed by atoms with Crippen molar-refractivity contribution in [2.24, 2.45) is 5.92 Å². The van der Waals surface area contributed by atoms with Crippen LogP contribution in [0.5, 0.6) is 11.5 Å². The van der Waals surface area contributed by atoms with Gasteiger partial charge in [-0.05, 0) is 32.8 Å². The van der Waals surface area contributed by atoms with Crippen LogP contribution in [0.4, 0.5) is 0 Å². The Balaban J connectivity index is 1.64. The van der Waals surface area contributed by atoms with Crippen LogP contribution < -0.4 is 9.47 Å². The fourth-order valence-corrected chi connectivity index (χ4v) is 3.14. The summed E-state index contributed by atoms with van der Waals surface area (Å²) in [5.41, 5.74) is 0.802. The lowest BCUT2D eigenvalue weighted by Gasteiger charge is -2.24. The number of fused-ring (bicyclic) bond motifs is 1. The number of nitrogens with zero attached hydrogens (tertiary/aromatic N) is 1. The second-order valence-corrected chi connectivity index (χ2v) is 7.59. The van der Waals surface area contributed by atoms with Crippen LogP contribution >= 0.6 is 0 Å². The highest BCUT2D eigenvalue weighted by atomic mass is 16.5. The molecule has 0 spiro atoms. The zero-order chi connectivity index (χ0) is 18.2. The van der Waals surface area contributed by atoms with Gasteiger partial charge in [-0.15, -0.1) is 0 Å². The largest absolute Gasteiger partial charge is 0.483 e. The zero-order valence-electron chi connectivity index (χ0n) is 14.9. The lowest BCUT2D eigenvalue weighted by molar-refractivity contribution is -0.143. The van der Waals surface area contributed by atoms with Gasteiger partial charge in [-0.2, -0.15) is 0 Å². The molecule has 0 aromatic heterocycles. The number of carbonyl (C=O) groups excluding carboxylic acids is 1. The molecule has 1 fully saturated rings. The van der Waals surface area contributed by atoms with E-state index >= 15 is 0 Å². The van der Waals surface area contributed by atoms with Gasteiger partial charge >= 0.3 is 5.97 Å². The van der Waals surface area contributed by atoms with Crippen LogP contribution in [0.2, 0.25) is 0 Å². The third-order valence-electron chi connectivity index (χ3n) is 4.61. The van der Waals surface area contributed by atoms with Crippen LogP contribution in [0.1, 0.15) is 39.2 Å². The topological polar surface area (TPSA) is 76.1 Å². The van der Waals surface area contributed by atoms with Crippen LogP contribution in [0, 0.1) is 5.92 Å². The van der Waals surface area contributed by atoms with Crippen LogP contribution in [-0.2, 0) is 16.0 Å². The molecule has 1 aromatic carbocycles. The SMILES string of the molecule is CC(CN(C(=O)COc1cccc2c1OC(C)(C)C2)C1CC1)C(=O)O. The number of rotatable bonds is 7. The molecule has 1 aliphatic heterocycles. The number of benzene rings is 1. The maximum Gasteiger partial charge on any atom is 0.308 e. The highest BCUT2D eigenvalue weighted by Gasteiger charge is 2.35. The molecule has 0 bridgehead atoms. The van der Waals surface area contributed by atoms with Gasteiger partial charge in [0, 0.05) is 24.6 Å². The summed E-state index contributed by atoms with van der Waals surface area (Å²) in [6.07, 6.45) is 2.66. The van der Waals surface area contributed by atoms with Crippen molar-refractivity contribution in [3.8, 4) is 11.5 Å². The Morgan fingerprint density at radius 3 is 2.76 bits per heavy atom. The minimum atomic E-state index is -0.893. The molecule has 1 aliphatic carbocycles. The van der Waals surface area contributed by atoms with Gasteiger partial charge in [-0.1, -0.05) is 19.1 Å². The molecule has 0 saturated heterocycles. The Bertz CT molecular complexity index is 680. The number of amides is 1. The first-order chi connectivity index (χ1) is 11.8. The van der Waals surface area contributed by atoms with Gasteiger partial charge in [0.25, 0.3) is 5.91 Å². The van der Waals surface area contributed by atoms with Crippen molar-refractivity contribution in [2.45, 2.75) is 51.7 Å². The van der Waals surface area contributed by atoms with Gasteiger partial charge in [-0.3, -0.25) is 9.59 Å². The third kappa shape index (κ3) is 4.06. The van der Waals surface area contributed by atoms with Crippen molar-refractivity contribution in [1.29, 1.82) is 0 Å². The predicted octanol–water partition coefficient (Wildman–Crippen LogP) is 2.49. The maximum absolute atomic E-state index is 12.6. The summed E-state index contributed by atoms with van der Waals surface area (Å²) < 4.78 is 11.7. The van der Waals surface area contributed by atoms with Crippen molar-refractivity contribution < 1.29 is 24.2 Å². The Morgan fingerprint density at radius 1 is 1.40 bits per heavy atom. The Labute approximate surface area is 147 Å². The number of para-hydroxylation sites is 1. The number of hydrogen-bond acceptors (Lipinski definition) is 4. The molecule has 1 heterocycles. The normalized spacial score (nSPS) is 18.8. The maximum atomic E-state index is 12.6. The highest BCUT2D eigenvalue weighted by molar-refractivity contribution is 5.79. The number of carbonyl (C=O) groups is 2. The van der Waals surface area contributed by atoms with E-state index in [9.17, 15) is 9.59 Å². The summed E-state index contributed by atoms with van der Waals surface area (Å²) in [6, 6.07) is 5.85. The van der Waals surface area contributed by atoms with Crippen LogP contribution in [0.15, 0.2) is 18.2 Å². The molecule has 1 aromatic rings. The predicted molar refractivity (Wildman–Crippen MR) is 91.9 cm³/mol. The molecule has 1 N–H and O–H groups in total. The number of aliphatic carboxylic acids is 1. The van der Waals surface area contributed by atoms with E-state index in [1.54, 1.807) is 17.9 Å². The van der Waals surface area contributed by atoms with Crippen molar-refractivity contribution in [2.75, 3.05) is 13.2 Å². The molecule has 1 saturated carbocycles. The molecule has 2 aliphatic rings. The average molecular weight is 347 g/mol. The molecule has 6 nitrogen and oxygen atoms in total. The first-order valence-corrected chi connectivity index (χ1v) is 8.73. The van der Waals surface area contributed by atoms with Crippen LogP contribution in [0.3, 0.4) is 0 Å². The molecule has 0 radical (unpaired) electrons. The molecule has 1 amide bonds. The summed E-state index contributed by atoms with van der Waals surface area (Å²) in [5, 5.41) is 9.09. The van der Waals surface area contributed by atoms with Gasteiger partial charge in [0.1, 0.15) is 5.60 Å². The third-order valence-corrected chi connectivity index (χ3v) is 4.61. The van der Waals surface area contributed by atoms with E-state index in [-0.39, 0.29) is 30.7 Å². The Hall–Kier alpha value is -2.24. The number of ether oxygens (including phenoxy) is 2. The Kier molecular flexibility index (Phi) is 4.62. The van der Waals surface area contributed by atoms with E-state index in [0.29, 0.717) is 11.5 Å². The minimum absolute atomic E-state index is 0.108. The van der Waals surface area contributed by atoms with Gasteiger partial charge < -0.3 is 19.5 Å². The summed E-state index contributed by atoms with van der Waals surface area (Å²) in [6.45, 7) is 5.77. The lowest BCUT2D eigenvalue weighted by Crippen LogP contribution is -2.41. The first-order valence-electron chi connectivity index (χ1n) is 8.73. The van der Waals surface area contributed by atoms with Crippen LogP contribution in [0.25, 0.3) is 0 Å². The van der Waals surface area contributed by atoms with E-state index in [1.807, 2.05) is 26.0 Å². The van der Waals surface area contributed by atoms with Crippen molar-refractivity contribution in [1.82, 2.24) is 4.90 Å². The summed E-state index contributed by atoms with van der Waals surface area (Å²) in [4.78, 5) is 25.3. The molecule has 136 valence electrons. The highest BCUT2D eigenvalue weighted by Crippen LogP contribution is 2.41. The molecule has 1 atom stereocenters. The number of hydrogen-bond donors (Lipinski definition) is 1. The molecule has 3 rings (SSSR count). The lowest BCUT2D eigenvalue weighted by atomic mass is 10.0. The molecule has 25 heavy (non-hydrogen) atoms. The fourth-order valence-electron chi connectivity index (χ4n) is 3.14. The van der Waals surface area contributed by atoms with E-state index in [1.165, 1.54) is 0 Å². The second kappa shape index (κ2) is 6.58. The van der Waals surface area contributed by atoms with E-state index in [0.717, 1.165) is 24.8 Å². The van der Waals surface area contributed by atoms with Gasteiger partial charge in [0.05, 0.1) is 5.92 Å². The molecular formula is C19H25NO5. The smallest absolute Gasteiger partial charge is 0.308 e. The van der Waals surface area contributed by atoms with E-state index in [2.05, 4.69) is 0 Å². The quantitative estimate of drug-likeness (QED) is 0.820.